The van der Waals surface area contributed by atoms with Crippen molar-refractivity contribution < 1.29 is 9.59 Å². The average molecular weight is 288 g/mol. The predicted octanol–water partition coefficient (Wildman–Crippen LogP) is 2.26. The number of hydrogen-bond donors (Lipinski definition) is 0. The standard InChI is InChI=1S/C17H24N2O2/c1-3-19(16-7-5-4-6-14(16)2)17(21)12-18-10-8-15(13-20)9-11-18/h4-7,13,15H,3,8-12H2,1-2H3. The van der Waals surface area contributed by atoms with Crippen molar-refractivity contribution in [2.75, 3.05) is 31.1 Å². The van der Waals surface area contributed by atoms with Gasteiger partial charge in [0.25, 0.3) is 0 Å². The summed E-state index contributed by atoms with van der Waals surface area (Å²) in [6.07, 6.45) is 2.78. The monoisotopic (exact) mass is 288 g/mol. The van der Waals surface area contributed by atoms with Crippen LogP contribution in [0.25, 0.3) is 0 Å². The molecule has 1 saturated heterocycles. The number of likely N-dealkylation sites (tertiary alicyclic amines) is 1. The molecule has 1 aliphatic heterocycles. The van der Waals surface area contributed by atoms with Crippen LogP contribution in [-0.4, -0.2) is 43.3 Å². The lowest BCUT2D eigenvalue weighted by molar-refractivity contribution is -0.120. The Morgan fingerprint density at radius 3 is 2.57 bits per heavy atom. The van der Waals surface area contributed by atoms with Crippen LogP contribution in [0.5, 0.6) is 0 Å². The number of likely N-dealkylation sites (N-methyl/N-ethyl adjacent to an activating group) is 1. The van der Waals surface area contributed by atoms with Gasteiger partial charge >= 0.3 is 0 Å². The zero-order valence-corrected chi connectivity index (χ0v) is 12.9. The van der Waals surface area contributed by atoms with Crippen molar-refractivity contribution in [3.63, 3.8) is 0 Å². The van der Waals surface area contributed by atoms with E-state index in [1.54, 1.807) is 0 Å². The molecule has 0 saturated carbocycles. The molecular weight excluding hydrogens is 264 g/mol. The lowest BCUT2D eigenvalue weighted by Crippen LogP contribution is -2.43. The number of carbonyl (C=O) groups is 2. The predicted molar refractivity (Wildman–Crippen MR) is 84.4 cm³/mol. The lowest BCUT2D eigenvalue weighted by atomic mass is 9.99. The molecule has 4 nitrogen and oxygen atoms in total. The third kappa shape index (κ3) is 3.91. The van der Waals surface area contributed by atoms with E-state index in [2.05, 4.69) is 4.90 Å². The molecule has 0 aliphatic carbocycles. The highest BCUT2D eigenvalue weighted by Gasteiger charge is 2.23. The second kappa shape index (κ2) is 7.36. The summed E-state index contributed by atoms with van der Waals surface area (Å²) in [4.78, 5) is 27.3. The molecule has 0 spiro atoms. The lowest BCUT2D eigenvalue weighted by Gasteiger charge is -2.31. The third-order valence-electron chi connectivity index (χ3n) is 4.21. The number of hydrogen-bond acceptors (Lipinski definition) is 3. The van der Waals surface area contributed by atoms with Gasteiger partial charge in [-0.05, 0) is 51.4 Å². The van der Waals surface area contributed by atoms with Crippen molar-refractivity contribution in [1.82, 2.24) is 4.90 Å². The number of benzene rings is 1. The highest BCUT2D eigenvalue weighted by Crippen LogP contribution is 2.20. The van der Waals surface area contributed by atoms with Gasteiger partial charge in [0.15, 0.2) is 0 Å². The summed E-state index contributed by atoms with van der Waals surface area (Å²) in [6.45, 7) is 6.81. The van der Waals surface area contributed by atoms with Crippen LogP contribution >= 0.6 is 0 Å². The van der Waals surface area contributed by atoms with Crippen LogP contribution in [0.3, 0.4) is 0 Å². The molecule has 0 bridgehead atoms. The fourth-order valence-electron chi connectivity index (χ4n) is 2.87. The van der Waals surface area contributed by atoms with Crippen LogP contribution in [0.1, 0.15) is 25.3 Å². The summed E-state index contributed by atoms with van der Waals surface area (Å²) in [5.41, 5.74) is 2.11. The SMILES string of the molecule is CCN(C(=O)CN1CCC(C=O)CC1)c1ccccc1C. The molecule has 0 atom stereocenters. The number of rotatable bonds is 5. The number of aryl methyl sites for hydroxylation is 1. The molecule has 1 heterocycles. The molecule has 21 heavy (non-hydrogen) atoms. The summed E-state index contributed by atoms with van der Waals surface area (Å²) < 4.78 is 0. The molecule has 2 rings (SSSR count). The average Bonchev–Trinajstić information content (AvgIpc) is 2.50. The van der Waals surface area contributed by atoms with Crippen LogP contribution in [-0.2, 0) is 9.59 Å². The quantitative estimate of drug-likeness (QED) is 0.780. The van der Waals surface area contributed by atoms with Crippen molar-refractivity contribution in [3.05, 3.63) is 29.8 Å². The summed E-state index contributed by atoms with van der Waals surface area (Å²) in [5, 5.41) is 0. The van der Waals surface area contributed by atoms with Crippen molar-refractivity contribution >= 4 is 17.9 Å². The largest absolute Gasteiger partial charge is 0.311 e. The summed E-state index contributed by atoms with van der Waals surface area (Å²) in [7, 11) is 0. The van der Waals surface area contributed by atoms with E-state index in [0.29, 0.717) is 13.1 Å². The summed E-state index contributed by atoms with van der Waals surface area (Å²) in [6, 6.07) is 7.98. The van der Waals surface area contributed by atoms with E-state index < -0.39 is 0 Å². The number of carbonyl (C=O) groups excluding carboxylic acids is 2. The highest BCUT2D eigenvalue weighted by atomic mass is 16.2. The molecule has 0 unspecified atom stereocenters. The minimum Gasteiger partial charge on any atom is -0.311 e. The molecule has 1 aromatic rings. The van der Waals surface area contributed by atoms with Gasteiger partial charge < -0.3 is 9.69 Å². The summed E-state index contributed by atoms with van der Waals surface area (Å²) in [5.74, 6) is 0.311. The number of anilines is 1. The number of nitrogens with zero attached hydrogens (tertiary/aromatic N) is 2. The molecule has 1 amide bonds. The van der Waals surface area contributed by atoms with Gasteiger partial charge in [-0.15, -0.1) is 0 Å². The molecule has 0 aromatic heterocycles. The molecule has 1 fully saturated rings. The number of piperidine rings is 1. The van der Waals surface area contributed by atoms with Crippen LogP contribution in [0, 0.1) is 12.8 Å². The first-order valence-corrected chi connectivity index (χ1v) is 7.69. The summed E-state index contributed by atoms with van der Waals surface area (Å²) >= 11 is 0. The van der Waals surface area contributed by atoms with Gasteiger partial charge in [0.2, 0.25) is 5.91 Å². The molecule has 0 N–H and O–H groups in total. The Labute approximate surface area is 126 Å². The Balaban J connectivity index is 1.98. The molecule has 1 aliphatic rings. The number of para-hydroxylation sites is 1. The normalized spacial score (nSPS) is 16.7. The fourth-order valence-corrected chi connectivity index (χ4v) is 2.87. The van der Waals surface area contributed by atoms with E-state index >= 15 is 0 Å². The van der Waals surface area contributed by atoms with Crippen LogP contribution in [0.2, 0.25) is 0 Å². The number of amides is 1. The van der Waals surface area contributed by atoms with E-state index in [-0.39, 0.29) is 11.8 Å². The minimum absolute atomic E-state index is 0.136. The Bertz CT molecular complexity index is 493. The van der Waals surface area contributed by atoms with Crippen LogP contribution in [0.15, 0.2) is 24.3 Å². The maximum Gasteiger partial charge on any atom is 0.241 e. The van der Waals surface area contributed by atoms with Gasteiger partial charge in [-0.25, -0.2) is 0 Å². The minimum atomic E-state index is 0.136. The van der Waals surface area contributed by atoms with E-state index in [9.17, 15) is 9.59 Å². The highest BCUT2D eigenvalue weighted by molar-refractivity contribution is 5.95. The van der Waals surface area contributed by atoms with E-state index in [4.69, 9.17) is 0 Å². The maximum absolute atomic E-state index is 12.6. The Kier molecular flexibility index (Phi) is 5.51. The smallest absolute Gasteiger partial charge is 0.241 e. The number of aldehydes is 1. The molecule has 4 heteroatoms. The topological polar surface area (TPSA) is 40.6 Å². The molecule has 0 radical (unpaired) electrons. The first-order chi connectivity index (χ1) is 10.2. The maximum atomic E-state index is 12.6. The Morgan fingerprint density at radius 1 is 1.33 bits per heavy atom. The molecule has 114 valence electrons. The van der Waals surface area contributed by atoms with Gasteiger partial charge in [0.05, 0.1) is 6.54 Å². The van der Waals surface area contributed by atoms with Gasteiger partial charge in [-0.1, -0.05) is 18.2 Å². The van der Waals surface area contributed by atoms with Gasteiger partial charge in [0, 0.05) is 18.2 Å². The van der Waals surface area contributed by atoms with Crippen molar-refractivity contribution in [2.45, 2.75) is 26.7 Å². The molecular formula is C17H24N2O2. The fraction of sp³-hybridized carbons (Fsp3) is 0.529. The van der Waals surface area contributed by atoms with Gasteiger partial charge in [-0.3, -0.25) is 9.69 Å². The van der Waals surface area contributed by atoms with Gasteiger partial charge in [0.1, 0.15) is 6.29 Å². The van der Waals surface area contributed by atoms with Crippen LogP contribution in [0.4, 0.5) is 5.69 Å². The zero-order valence-electron chi connectivity index (χ0n) is 12.9. The molecule has 1 aromatic carbocycles. The second-order valence-electron chi connectivity index (χ2n) is 5.67. The second-order valence-corrected chi connectivity index (χ2v) is 5.67. The van der Waals surface area contributed by atoms with Crippen molar-refractivity contribution in [2.24, 2.45) is 5.92 Å². The Hall–Kier alpha value is -1.68. The first-order valence-electron chi connectivity index (χ1n) is 7.69. The van der Waals surface area contributed by atoms with Gasteiger partial charge in [-0.2, -0.15) is 0 Å². The zero-order chi connectivity index (χ0) is 15.2. The first kappa shape index (κ1) is 15.7. The van der Waals surface area contributed by atoms with Crippen molar-refractivity contribution in [3.8, 4) is 0 Å². The van der Waals surface area contributed by atoms with E-state index in [0.717, 1.165) is 43.5 Å². The Morgan fingerprint density at radius 2 is 2.00 bits per heavy atom. The third-order valence-corrected chi connectivity index (χ3v) is 4.21. The van der Waals surface area contributed by atoms with Crippen molar-refractivity contribution in [1.29, 1.82) is 0 Å². The van der Waals surface area contributed by atoms with E-state index in [1.807, 2.05) is 43.0 Å². The van der Waals surface area contributed by atoms with E-state index in [1.165, 1.54) is 0 Å². The van der Waals surface area contributed by atoms with Crippen LogP contribution < -0.4 is 4.90 Å².